The van der Waals surface area contributed by atoms with Gasteiger partial charge in [0.15, 0.2) is 11.5 Å². The lowest BCUT2D eigenvalue weighted by molar-refractivity contribution is 0.0904. The van der Waals surface area contributed by atoms with Crippen LogP contribution in [0.2, 0.25) is 0 Å². The van der Waals surface area contributed by atoms with E-state index in [9.17, 15) is 4.79 Å². The normalized spacial score (nSPS) is 12.1. The van der Waals surface area contributed by atoms with Gasteiger partial charge >= 0.3 is 0 Å². The predicted molar refractivity (Wildman–Crippen MR) is 111 cm³/mol. The quantitative estimate of drug-likeness (QED) is 0.497. The van der Waals surface area contributed by atoms with E-state index in [1.54, 1.807) is 6.07 Å². The predicted octanol–water partition coefficient (Wildman–Crippen LogP) is 4.83. The fourth-order valence-electron chi connectivity index (χ4n) is 3.15. The van der Waals surface area contributed by atoms with Gasteiger partial charge in [0.2, 0.25) is 11.7 Å². The van der Waals surface area contributed by atoms with Crippen LogP contribution in [0.1, 0.15) is 41.8 Å². The van der Waals surface area contributed by atoms with Crippen LogP contribution in [0, 0.1) is 12.8 Å². The van der Waals surface area contributed by atoms with Crippen LogP contribution >= 0.6 is 0 Å². The molecule has 2 aromatic heterocycles. The molecule has 7 nitrogen and oxygen atoms in total. The minimum atomic E-state index is -0.457. The van der Waals surface area contributed by atoms with Crippen LogP contribution in [-0.4, -0.2) is 21.2 Å². The summed E-state index contributed by atoms with van der Waals surface area (Å²) < 4.78 is 10.8. The topological polar surface area (TPSA) is 94.1 Å². The molecule has 1 N–H and O–H groups in total. The second-order valence-electron chi connectivity index (χ2n) is 7.41. The Morgan fingerprint density at radius 3 is 2.43 bits per heavy atom. The fraction of sp³-hybridized carbons (Fsp3) is 0.217. The van der Waals surface area contributed by atoms with Crippen LogP contribution < -0.4 is 5.32 Å². The van der Waals surface area contributed by atoms with E-state index >= 15 is 0 Å². The maximum Gasteiger partial charge on any atom is 0.274 e. The van der Waals surface area contributed by atoms with Crippen LogP contribution in [0.15, 0.2) is 69.7 Å². The molecule has 4 rings (SSSR count). The zero-order valence-corrected chi connectivity index (χ0v) is 17.0. The second kappa shape index (κ2) is 8.32. The van der Waals surface area contributed by atoms with Gasteiger partial charge in [-0.1, -0.05) is 78.8 Å². The molecule has 30 heavy (non-hydrogen) atoms. The Morgan fingerprint density at radius 2 is 1.70 bits per heavy atom. The van der Waals surface area contributed by atoms with E-state index in [0.29, 0.717) is 17.5 Å². The molecule has 0 saturated heterocycles. The maximum absolute atomic E-state index is 12.8. The van der Waals surface area contributed by atoms with E-state index in [4.69, 9.17) is 9.05 Å². The molecule has 2 heterocycles. The van der Waals surface area contributed by atoms with E-state index in [0.717, 1.165) is 16.7 Å². The lowest BCUT2D eigenvalue weighted by Crippen LogP contribution is -2.32. The van der Waals surface area contributed by atoms with Gasteiger partial charge in [-0.05, 0) is 18.4 Å². The summed E-state index contributed by atoms with van der Waals surface area (Å²) in [4.78, 5) is 17.3. The van der Waals surface area contributed by atoms with Crippen LogP contribution in [0.25, 0.3) is 22.7 Å². The minimum absolute atomic E-state index is 0.0285. The van der Waals surface area contributed by atoms with Gasteiger partial charge in [-0.25, -0.2) is 0 Å². The van der Waals surface area contributed by atoms with Crippen molar-refractivity contribution in [2.75, 3.05) is 0 Å². The number of nitrogens with zero attached hydrogens (tertiary/aromatic N) is 3. The van der Waals surface area contributed by atoms with Crippen molar-refractivity contribution < 1.29 is 13.8 Å². The highest BCUT2D eigenvalue weighted by atomic mass is 16.5. The summed E-state index contributed by atoms with van der Waals surface area (Å²) >= 11 is 0. The van der Waals surface area contributed by atoms with Crippen LogP contribution in [0.4, 0.5) is 0 Å². The largest absolute Gasteiger partial charge is 0.355 e. The number of carbonyl (C=O) groups excluding carboxylic acids is 1. The average molecular weight is 402 g/mol. The van der Waals surface area contributed by atoms with E-state index < -0.39 is 6.04 Å². The third-order valence-electron chi connectivity index (χ3n) is 4.85. The molecular formula is C23H22N4O3. The zero-order valence-electron chi connectivity index (χ0n) is 17.0. The molecule has 0 fully saturated rings. The number of nitrogens with one attached hydrogen (secondary N) is 1. The number of hydrogen-bond donors (Lipinski definition) is 1. The van der Waals surface area contributed by atoms with Gasteiger partial charge in [0.1, 0.15) is 6.04 Å². The Morgan fingerprint density at radius 1 is 0.967 bits per heavy atom. The Bertz CT molecular complexity index is 1150. The zero-order chi connectivity index (χ0) is 21.1. The molecule has 2 aromatic carbocycles. The molecular weight excluding hydrogens is 380 g/mol. The van der Waals surface area contributed by atoms with Crippen molar-refractivity contribution >= 4 is 5.91 Å². The fourth-order valence-corrected chi connectivity index (χ4v) is 3.15. The van der Waals surface area contributed by atoms with Gasteiger partial charge in [-0.2, -0.15) is 4.98 Å². The summed E-state index contributed by atoms with van der Waals surface area (Å²) in [6, 6.07) is 18.5. The molecule has 0 aliphatic heterocycles. The van der Waals surface area contributed by atoms with Crippen molar-refractivity contribution in [1.29, 1.82) is 0 Å². The van der Waals surface area contributed by atoms with Crippen molar-refractivity contribution in [1.82, 2.24) is 20.6 Å². The molecule has 0 aliphatic rings. The molecule has 1 amide bonds. The first-order valence-electron chi connectivity index (χ1n) is 9.75. The first-order chi connectivity index (χ1) is 14.5. The highest BCUT2D eigenvalue weighted by Gasteiger charge is 2.27. The minimum Gasteiger partial charge on any atom is -0.355 e. The molecule has 1 atom stereocenters. The number of amides is 1. The van der Waals surface area contributed by atoms with Gasteiger partial charge in [0.05, 0.1) is 0 Å². The molecule has 0 unspecified atom stereocenters. The summed E-state index contributed by atoms with van der Waals surface area (Å²) in [5.74, 6) is 1.04. The van der Waals surface area contributed by atoms with Crippen molar-refractivity contribution in [3.63, 3.8) is 0 Å². The number of benzene rings is 2. The Kier molecular flexibility index (Phi) is 5.43. The van der Waals surface area contributed by atoms with Gasteiger partial charge in [0, 0.05) is 17.2 Å². The molecule has 0 radical (unpaired) electrons. The lowest BCUT2D eigenvalue weighted by Gasteiger charge is -2.17. The lowest BCUT2D eigenvalue weighted by atomic mass is 10.0. The summed E-state index contributed by atoms with van der Waals surface area (Å²) in [5, 5.41) is 10.9. The molecule has 152 valence electrons. The third kappa shape index (κ3) is 4.00. The van der Waals surface area contributed by atoms with E-state index in [1.165, 1.54) is 0 Å². The smallest absolute Gasteiger partial charge is 0.274 e. The monoisotopic (exact) mass is 402 g/mol. The molecule has 0 saturated carbocycles. The van der Waals surface area contributed by atoms with Gasteiger partial charge in [-0.15, -0.1) is 0 Å². The first kappa shape index (κ1) is 19.6. The highest BCUT2D eigenvalue weighted by molar-refractivity contribution is 5.93. The maximum atomic E-state index is 12.8. The number of hydrogen-bond acceptors (Lipinski definition) is 6. The van der Waals surface area contributed by atoms with Crippen molar-refractivity contribution in [3.8, 4) is 22.7 Å². The standard InChI is InChI=1S/C23H22N4O3/c1-14(2)20(23-25-21(27-30-23)16-10-5-4-6-11-16)24-22(28)18-13-19(29-26-18)17-12-8-7-9-15(17)3/h4-14,20H,1-3H3,(H,24,28)/t20-/m1/s1. The van der Waals surface area contributed by atoms with E-state index in [-0.39, 0.29) is 17.5 Å². The summed E-state index contributed by atoms with van der Waals surface area (Å²) in [6.45, 7) is 5.92. The van der Waals surface area contributed by atoms with Crippen molar-refractivity contribution in [2.45, 2.75) is 26.8 Å². The molecule has 0 aliphatic carbocycles. The Labute approximate surface area is 174 Å². The SMILES string of the molecule is Cc1ccccc1-c1cc(C(=O)N[C@@H](c2nc(-c3ccccc3)no2)C(C)C)no1. The van der Waals surface area contributed by atoms with Gasteiger partial charge in [0.25, 0.3) is 5.91 Å². The van der Waals surface area contributed by atoms with Crippen LogP contribution in [0.5, 0.6) is 0 Å². The Hall–Kier alpha value is -3.74. The van der Waals surface area contributed by atoms with Gasteiger partial charge < -0.3 is 14.4 Å². The van der Waals surface area contributed by atoms with E-state index in [1.807, 2.05) is 75.4 Å². The third-order valence-corrected chi connectivity index (χ3v) is 4.85. The summed E-state index contributed by atoms with van der Waals surface area (Å²) in [5.41, 5.74) is 2.98. The molecule has 7 heteroatoms. The Balaban J connectivity index is 1.54. The number of carbonyl (C=O) groups is 1. The van der Waals surface area contributed by atoms with Crippen LogP contribution in [-0.2, 0) is 0 Å². The highest BCUT2D eigenvalue weighted by Crippen LogP contribution is 2.26. The summed E-state index contributed by atoms with van der Waals surface area (Å²) in [7, 11) is 0. The van der Waals surface area contributed by atoms with Crippen LogP contribution in [0.3, 0.4) is 0 Å². The average Bonchev–Trinajstić information content (AvgIpc) is 3.43. The number of aryl methyl sites for hydroxylation is 1. The number of aromatic nitrogens is 3. The first-order valence-corrected chi connectivity index (χ1v) is 9.75. The molecule has 0 bridgehead atoms. The molecule has 4 aromatic rings. The second-order valence-corrected chi connectivity index (χ2v) is 7.41. The van der Waals surface area contributed by atoms with Gasteiger partial charge in [-0.3, -0.25) is 4.79 Å². The van der Waals surface area contributed by atoms with Crippen molar-refractivity contribution in [3.05, 3.63) is 77.8 Å². The van der Waals surface area contributed by atoms with Crippen molar-refractivity contribution in [2.24, 2.45) is 5.92 Å². The molecule has 0 spiro atoms. The number of rotatable bonds is 6. The van der Waals surface area contributed by atoms with E-state index in [2.05, 4.69) is 20.6 Å². The summed E-state index contributed by atoms with van der Waals surface area (Å²) in [6.07, 6.45) is 0.